The van der Waals surface area contributed by atoms with Gasteiger partial charge in [-0.3, -0.25) is 4.79 Å². The molecule has 1 amide bonds. The van der Waals surface area contributed by atoms with Gasteiger partial charge in [0.1, 0.15) is 11.8 Å². The molecule has 0 aromatic carbocycles. The maximum atomic E-state index is 11.7. The van der Waals surface area contributed by atoms with Gasteiger partial charge >= 0.3 is 5.97 Å². The van der Waals surface area contributed by atoms with Crippen LogP contribution in [0.3, 0.4) is 0 Å². The van der Waals surface area contributed by atoms with E-state index in [0.29, 0.717) is 6.42 Å². The average molecular weight is 305 g/mol. The van der Waals surface area contributed by atoms with Crippen LogP contribution in [0.2, 0.25) is 0 Å². The van der Waals surface area contributed by atoms with E-state index in [1.807, 2.05) is 6.92 Å². The minimum atomic E-state index is -3.47. The summed E-state index contributed by atoms with van der Waals surface area (Å²) in [5, 5.41) is 11.2. The Hall–Kier alpha value is -1.37. The highest BCUT2D eigenvalue weighted by molar-refractivity contribution is 7.92. The number of carbonyl (C=O) groups excluding carboxylic acids is 1. The van der Waals surface area contributed by atoms with Crippen LogP contribution in [0.1, 0.15) is 39.5 Å². The minimum Gasteiger partial charge on any atom is -0.480 e. The fraction of sp³-hybridized carbons (Fsp3) is 0.692. The summed E-state index contributed by atoms with van der Waals surface area (Å²) in [6, 6.07) is -1.09. The van der Waals surface area contributed by atoms with E-state index in [1.165, 1.54) is 0 Å². The summed E-state index contributed by atoms with van der Waals surface area (Å²) in [6.45, 7) is 3.69. The van der Waals surface area contributed by atoms with Gasteiger partial charge in [-0.2, -0.15) is 0 Å². The van der Waals surface area contributed by atoms with Gasteiger partial charge in [-0.05, 0) is 19.8 Å². The van der Waals surface area contributed by atoms with Gasteiger partial charge in [0.2, 0.25) is 5.91 Å². The van der Waals surface area contributed by atoms with Crippen LogP contribution < -0.4 is 5.32 Å². The first kappa shape index (κ1) is 18.6. The molecule has 0 bridgehead atoms. The van der Waals surface area contributed by atoms with Crippen molar-refractivity contribution in [2.24, 2.45) is 0 Å². The number of sulfone groups is 1. The summed E-state index contributed by atoms with van der Waals surface area (Å²) in [6.07, 6.45) is 5.62. The second-order valence-electron chi connectivity index (χ2n) is 4.56. The summed E-state index contributed by atoms with van der Waals surface area (Å²) in [7, 11) is -3.47. The fourth-order valence-electron chi connectivity index (χ4n) is 1.57. The zero-order valence-corrected chi connectivity index (χ0v) is 12.8. The lowest BCUT2D eigenvalue weighted by atomic mass is 10.2. The average Bonchev–Trinajstić information content (AvgIpc) is 2.33. The van der Waals surface area contributed by atoms with Crippen LogP contribution in [0.4, 0.5) is 0 Å². The smallest absolute Gasteiger partial charge is 0.326 e. The van der Waals surface area contributed by atoms with Crippen LogP contribution >= 0.6 is 0 Å². The molecule has 0 saturated carbocycles. The lowest BCUT2D eigenvalue weighted by Gasteiger charge is -2.12. The van der Waals surface area contributed by atoms with Crippen molar-refractivity contribution in [3.05, 3.63) is 12.2 Å². The SMILES string of the molecule is C/C=C/CC(NC(=O)CS(=O)(=O)CCCCC)C(=O)O. The first-order valence-corrected chi connectivity index (χ1v) is 8.48. The van der Waals surface area contributed by atoms with Crippen molar-refractivity contribution < 1.29 is 23.1 Å². The van der Waals surface area contributed by atoms with Crippen LogP contribution in [0, 0.1) is 0 Å². The molecule has 116 valence electrons. The monoisotopic (exact) mass is 305 g/mol. The van der Waals surface area contributed by atoms with E-state index in [1.54, 1.807) is 19.1 Å². The van der Waals surface area contributed by atoms with Crippen LogP contribution in [-0.4, -0.2) is 42.9 Å². The van der Waals surface area contributed by atoms with Crippen molar-refractivity contribution in [3.8, 4) is 0 Å². The van der Waals surface area contributed by atoms with E-state index < -0.39 is 33.5 Å². The Balaban J connectivity index is 4.40. The second-order valence-corrected chi connectivity index (χ2v) is 6.75. The van der Waals surface area contributed by atoms with Crippen molar-refractivity contribution in [1.82, 2.24) is 5.32 Å². The number of allylic oxidation sites excluding steroid dienone is 1. The third-order valence-corrected chi connectivity index (χ3v) is 4.26. The number of carbonyl (C=O) groups is 2. The molecule has 0 saturated heterocycles. The van der Waals surface area contributed by atoms with E-state index in [9.17, 15) is 18.0 Å². The molecule has 0 aliphatic heterocycles. The van der Waals surface area contributed by atoms with E-state index in [0.717, 1.165) is 12.8 Å². The zero-order chi connectivity index (χ0) is 15.6. The van der Waals surface area contributed by atoms with Gasteiger partial charge in [0.05, 0.1) is 5.75 Å². The van der Waals surface area contributed by atoms with Gasteiger partial charge in [0.15, 0.2) is 9.84 Å². The summed E-state index contributed by atoms with van der Waals surface area (Å²) < 4.78 is 23.3. The summed E-state index contributed by atoms with van der Waals surface area (Å²) in [5.41, 5.74) is 0. The topological polar surface area (TPSA) is 101 Å². The third-order valence-electron chi connectivity index (χ3n) is 2.65. The van der Waals surface area contributed by atoms with Gasteiger partial charge < -0.3 is 10.4 Å². The Morgan fingerprint density at radius 1 is 1.30 bits per heavy atom. The quantitative estimate of drug-likeness (QED) is 0.465. The van der Waals surface area contributed by atoms with Crippen LogP contribution in [0.15, 0.2) is 12.2 Å². The Morgan fingerprint density at radius 2 is 1.95 bits per heavy atom. The molecule has 0 aromatic heterocycles. The highest BCUT2D eigenvalue weighted by Crippen LogP contribution is 2.01. The van der Waals surface area contributed by atoms with E-state index in [4.69, 9.17) is 5.11 Å². The molecule has 6 nitrogen and oxygen atoms in total. The molecule has 1 atom stereocenters. The number of aliphatic carboxylic acids is 1. The molecule has 0 aliphatic rings. The standard InChI is InChI=1S/C13H23NO5S/c1-3-5-7-9-20(18,19)10-12(15)14-11(13(16)17)8-6-4-2/h4,6,11H,3,5,7-10H2,1-2H3,(H,14,15)(H,16,17)/b6-4+. The molecule has 0 fully saturated rings. The number of carboxylic acids is 1. The van der Waals surface area contributed by atoms with Crippen LogP contribution in [-0.2, 0) is 19.4 Å². The van der Waals surface area contributed by atoms with Crippen molar-refractivity contribution in [3.63, 3.8) is 0 Å². The highest BCUT2D eigenvalue weighted by atomic mass is 32.2. The van der Waals surface area contributed by atoms with Crippen molar-refractivity contribution in [2.75, 3.05) is 11.5 Å². The van der Waals surface area contributed by atoms with Gasteiger partial charge in [0.25, 0.3) is 0 Å². The number of rotatable bonds is 10. The van der Waals surface area contributed by atoms with Gasteiger partial charge in [-0.15, -0.1) is 0 Å². The van der Waals surface area contributed by atoms with Gasteiger partial charge in [-0.1, -0.05) is 31.9 Å². The number of hydrogen-bond acceptors (Lipinski definition) is 4. The Bertz CT molecular complexity index is 442. The molecular formula is C13H23NO5S. The molecule has 7 heteroatoms. The zero-order valence-electron chi connectivity index (χ0n) is 12.0. The Kier molecular flexibility index (Phi) is 8.87. The third kappa shape index (κ3) is 8.68. The predicted octanol–water partition coefficient (Wildman–Crippen LogP) is 1.13. The first-order chi connectivity index (χ1) is 9.32. The van der Waals surface area contributed by atoms with E-state index in [-0.39, 0.29) is 12.2 Å². The van der Waals surface area contributed by atoms with Crippen molar-refractivity contribution >= 4 is 21.7 Å². The molecule has 0 rings (SSSR count). The minimum absolute atomic E-state index is 0.0408. The first-order valence-electron chi connectivity index (χ1n) is 6.66. The number of carboxylic acid groups (broad SMARTS) is 1. The maximum absolute atomic E-state index is 11.7. The molecular weight excluding hydrogens is 282 g/mol. The van der Waals surface area contributed by atoms with Crippen LogP contribution in [0.25, 0.3) is 0 Å². The van der Waals surface area contributed by atoms with Gasteiger partial charge in [-0.25, -0.2) is 13.2 Å². The molecule has 0 heterocycles. The maximum Gasteiger partial charge on any atom is 0.326 e. The van der Waals surface area contributed by atoms with Crippen molar-refractivity contribution in [1.29, 1.82) is 0 Å². The molecule has 2 N–H and O–H groups in total. The molecule has 0 aromatic rings. The fourth-order valence-corrected chi connectivity index (χ4v) is 2.84. The molecule has 0 radical (unpaired) electrons. The normalized spacial score (nSPS) is 13.3. The molecule has 1 unspecified atom stereocenters. The molecule has 20 heavy (non-hydrogen) atoms. The Labute approximate surface area is 120 Å². The summed E-state index contributed by atoms with van der Waals surface area (Å²) >= 11 is 0. The number of unbranched alkanes of at least 4 members (excludes halogenated alkanes) is 2. The van der Waals surface area contributed by atoms with Gasteiger partial charge in [0, 0.05) is 0 Å². The van der Waals surface area contributed by atoms with E-state index >= 15 is 0 Å². The summed E-state index contributed by atoms with van der Waals surface area (Å²) in [5.74, 6) is -2.64. The highest BCUT2D eigenvalue weighted by Gasteiger charge is 2.22. The lowest BCUT2D eigenvalue weighted by Crippen LogP contribution is -2.43. The number of nitrogens with one attached hydrogen (secondary N) is 1. The summed E-state index contributed by atoms with van der Waals surface area (Å²) in [4.78, 5) is 22.5. The Morgan fingerprint density at radius 3 is 2.45 bits per heavy atom. The number of hydrogen-bond donors (Lipinski definition) is 2. The van der Waals surface area contributed by atoms with Crippen molar-refractivity contribution in [2.45, 2.75) is 45.6 Å². The molecule has 0 spiro atoms. The second kappa shape index (κ2) is 9.52. The number of amides is 1. The predicted molar refractivity (Wildman–Crippen MR) is 77.2 cm³/mol. The lowest BCUT2D eigenvalue weighted by molar-refractivity contribution is -0.141. The van der Waals surface area contributed by atoms with Crippen LogP contribution in [0.5, 0.6) is 0 Å². The largest absolute Gasteiger partial charge is 0.480 e. The molecule has 0 aliphatic carbocycles. The van der Waals surface area contributed by atoms with E-state index in [2.05, 4.69) is 5.32 Å².